The van der Waals surface area contributed by atoms with Crippen LogP contribution in [0.1, 0.15) is 30.1 Å². The van der Waals surface area contributed by atoms with Crippen LogP contribution in [0.15, 0.2) is 24.5 Å². The monoisotopic (exact) mass is 274 g/mol. The molecule has 2 aromatic rings. The van der Waals surface area contributed by atoms with Gasteiger partial charge in [-0.25, -0.2) is 9.78 Å². The summed E-state index contributed by atoms with van der Waals surface area (Å²) in [4.78, 5) is 15.5. The zero-order valence-electron chi connectivity index (χ0n) is 11.5. The molecule has 5 nitrogen and oxygen atoms in total. The first-order valence-corrected chi connectivity index (χ1v) is 6.84. The van der Waals surface area contributed by atoms with Crippen LogP contribution in [0, 0.1) is 5.41 Å². The summed E-state index contributed by atoms with van der Waals surface area (Å²) in [6.45, 7) is 4.69. The number of fused-ring (bicyclic) bond motifs is 1. The fraction of sp³-hybridized carbons (Fsp3) is 0.467. The minimum Gasteiger partial charge on any atom is -0.478 e. The zero-order valence-corrected chi connectivity index (χ0v) is 11.5. The molecule has 0 aliphatic carbocycles. The molecule has 0 bridgehead atoms. The van der Waals surface area contributed by atoms with E-state index >= 15 is 0 Å². The number of ether oxygens (including phenoxy) is 1. The standard InChI is InChI=1S/C15H18N2O3/c1-15(5-7-20-8-6-15)9-17-10-16-13-11(14(18)19)3-2-4-12(13)17/h2-4,10H,5-9H2,1H3,(H,18,19). The Morgan fingerprint density at radius 2 is 2.20 bits per heavy atom. The molecule has 1 aliphatic heterocycles. The Bertz CT molecular complexity index is 642. The Morgan fingerprint density at radius 3 is 2.90 bits per heavy atom. The molecule has 0 unspecified atom stereocenters. The third-order valence-corrected chi connectivity index (χ3v) is 4.13. The van der Waals surface area contributed by atoms with Crippen molar-refractivity contribution in [3.8, 4) is 0 Å². The fourth-order valence-electron chi connectivity index (χ4n) is 2.82. The molecule has 0 spiro atoms. The summed E-state index contributed by atoms with van der Waals surface area (Å²) in [5.74, 6) is -0.932. The lowest BCUT2D eigenvalue weighted by Gasteiger charge is -2.33. The van der Waals surface area contributed by atoms with E-state index in [-0.39, 0.29) is 11.0 Å². The van der Waals surface area contributed by atoms with Crippen molar-refractivity contribution in [2.45, 2.75) is 26.3 Å². The third kappa shape index (κ3) is 2.29. The van der Waals surface area contributed by atoms with Crippen molar-refractivity contribution in [1.29, 1.82) is 0 Å². The molecule has 106 valence electrons. The molecule has 2 heterocycles. The summed E-state index contributed by atoms with van der Waals surface area (Å²) in [6, 6.07) is 5.30. The van der Waals surface area contributed by atoms with Gasteiger partial charge in [-0.1, -0.05) is 13.0 Å². The van der Waals surface area contributed by atoms with E-state index in [2.05, 4.69) is 16.5 Å². The summed E-state index contributed by atoms with van der Waals surface area (Å²) in [7, 11) is 0. The van der Waals surface area contributed by atoms with Gasteiger partial charge in [-0.3, -0.25) is 0 Å². The predicted molar refractivity (Wildman–Crippen MR) is 74.9 cm³/mol. The van der Waals surface area contributed by atoms with E-state index in [1.807, 2.05) is 6.07 Å². The molecule has 1 fully saturated rings. The van der Waals surface area contributed by atoms with Gasteiger partial charge in [-0.2, -0.15) is 0 Å². The van der Waals surface area contributed by atoms with Gasteiger partial charge in [0.15, 0.2) is 0 Å². The van der Waals surface area contributed by atoms with Crippen LogP contribution >= 0.6 is 0 Å². The van der Waals surface area contributed by atoms with Crippen LogP contribution in [0.2, 0.25) is 0 Å². The molecule has 0 atom stereocenters. The van der Waals surface area contributed by atoms with Gasteiger partial charge in [-0.05, 0) is 30.4 Å². The lowest BCUT2D eigenvalue weighted by Crippen LogP contribution is -2.30. The van der Waals surface area contributed by atoms with E-state index in [1.165, 1.54) is 0 Å². The molecule has 5 heteroatoms. The predicted octanol–water partition coefficient (Wildman–Crippen LogP) is 2.55. The highest BCUT2D eigenvalue weighted by Gasteiger charge is 2.28. The van der Waals surface area contributed by atoms with Crippen LogP contribution < -0.4 is 0 Å². The van der Waals surface area contributed by atoms with Gasteiger partial charge < -0.3 is 14.4 Å². The van der Waals surface area contributed by atoms with Crippen molar-refractivity contribution in [2.24, 2.45) is 5.41 Å². The number of carboxylic acids is 1. The first-order valence-electron chi connectivity index (χ1n) is 6.84. The lowest BCUT2D eigenvalue weighted by atomic mass is 9.82. The van der Waals surface area contributed by atoms with E-state index in [0.717, 1.165) is 38.1 Å². The van der Waals surface area contributed by atoms with Crippen molar-refractivity contribution >= 4 is 17.0 Å². The molecule has 1 aromatic carbocycles. The molecule has 0 saturated carbocycles. The maximum Gasteiger partial charge on any atom is 0.337 e. The van der Waals surface area contributed by atoms with E-state index in [9.17, 15) is 9.90 Å². The normalized spacial score (nSPS) is 18.2. The van der Waals surface area contributed by atoms with Gasteiger partial charge in [0.2, 0.25) is 0 Å². The number of aromatic carboxylic acids is 1. The third-order valence-electron chi connectivity index (χ3n) is 4.13. The van der Waals surface area contributed by atoms with Crippen molar-refractivity contribution in [3.63, 3.8) is 0 Å². The highest BCUT2D eigenvalue weighted by atomic mass is 16.5. The number of aromatic nitrogens is 2. The molecule has 20 heavy (non-hydrogen) atoms. The first-order chi connectivity index (χ1) is 9.59. The van der Waals surface area contributed by atoms with Crippen molar-refractivity contribution in [3.05, 3.63) is 30.1 Å². The second-order valence-electron chi connectivity index (χ2n) is 5.77. The van der Waals surface area contributed by atoms with E-state index in [0.29, 0.717) is 5.52 Å². The van der Waals surface area contributed by atoms with Gasteiger partial charge in [-0.15, -0.1) is 0 Å². The summed E-state index contributed by atoms with van der Waals surface area (Å²) in [5.41, 5.74) is 1.90. The number of nitrogens with zero attached hydrogens (tertiary/aromatic N) is 2. The highest BCUT2D eigenvalue weighted by Crippen LogP contribution is 2.32. The summed E-state index contributed by atoms with van der Waals surface area (Å²) in [5, 5.41) is 9.20. The topological polar surface area (TPSA) is 64.4 Å². The molecular formula is C15H18N2O3. The average Bonchev–Trinajstić information content (AvgIpc) is 2.82. The van der Waals surface area contributed by atoms with Gasteiger partial charge >= 0.3 is 5.97 Å². The van der Waals surface area contributed by atoms with Crippen LogP contribution in [0.4, 0.5) is 0 Å². The molecule has 1 aromatic heterocycles. The largest absolute Gasteiger partial charge is 0.478 e. The second kappa shape index (κ2) is 4.90. The number of benzene rings is 1. The van der Waals surface area contributed by atoms with Crippen LogP contribution in [-0.4, -0.2) is 33.8 Å². The number of carbonyl (C=O) groups is 1. The number of hydrogen-bond acceptors (Lipinski definition) is 3. The number of hydrogen-bond donors (Lipinski definition) is 1. The van der Waals surface area contributed by atoms with Crippen LogP contribution in [-0.2, 0) is 11.3 Å². The summed E-state index contributed by atoms with van der Waals surface area (Å²) in [6.07, 6.45) is 3.79. The number of rotatable bonds is 3. The van der Waals surface area contributed by atoms with Gasteiger partial charge in [0.1, 0.15) is 5.52 Å². The molecule has 0 radical (unpaired) electrons. The van der Waals surface area contributed by atoms with Crippen LogP contribution in [0.25, 0.3) is 11.0 Å². The van der Waals surface area contributed by atoms with E-state index < -0.39 is 5.97 Å². The van der Waals surface area contributed by atoms with Crippen LogP contribution in [0.3, 0.4) is 0 Å². The molecule has 3 rings (SSSR count). The molecule has 0 amide bonds. The summed E-state index contributed by atoms with van der Waals surface area (Å²) < 4.78 is 7.48. The highest BCUT2D eigenvalue weighted by molar-refractivity contribution is 6.00. The molecule has 1 saturated heterocycles. The van der Waals surface area contributed by atoms with Gasteiger partial charge in [0.05, 0.1) is 17.4 Å². The van der Waals surface area contributed by atoms with E-state index in [1.54, 1.807) is 18.5 Å². The SMILES string of the molecule is CC1(Cn2cnc3c(C(=O)O)cccc32)CCOCC1. The Labute approximate surface area is 117 Å². The maximum atomic E-state index is 11.2. The Kier molecular flexibility index (Phi) is 3.22. The number of para-hydroxylation sites is 1. The first kappa shape index (κ1) is 13.1. The van der Waals surface area contributed by atoms with Crippen molar-refractivity contribution in [2.75, 3.05) is 13.2 Å². The fourth-order valence-corrected chi connectivity index (χ4v) is 2.82. The van der Waals surface area contributed by atoms with Crippen molar-refractivity contribution in [1.82, 2.24) is 9.55 Å². The molecule has 1 N–H and O–H groups in total. The Hall–Kier alpha value is -1.88. The average molecular weight is 274 g/mol. The molecular weight excluding hydrogens is 256 g/mol. The number of imidazole rings is 1. The molecule has 1 aliphatic rings. The number of carboxylic acid groups (broad SMARTS) is 1. The minimum absolute atomic E-state index is 0.186. The minimum atomic E-state index is -0.932. The summed E-state index contributed by atoms with van der Waals surface area (Å²) >= 11 is 0. The van der Waals surface area contributed by atoms with Gasteiger partial charge in [0.25, 0.3) is 0 Å². The lowest BCUT2D eigenvalue weighted by molar-refractivity contribution is 0.0160. The van der Waals surface area contributed by atoms with Crippen LogP contribution in [0.5, 0.6) is 0 Å². The zero-order chi connectivity index (χ0) is 14.2. The Balaban J connectivity index is 1.96. The smallest absolute Gasteiger partial charge is 0.337 e. The second-order valence-corrected chi connectivity index (χ2v) is 5.77. The Morgan fingerprint density at radius 1 is 1.45 bits per heavy atom. The maximum absolute atomic E-state index is 11.2. The van der Waals surface area contributed by atoms with Crippen molar-refractivity contribution < 1.29 is 14.6 Å². The quantitative estimate of drug-likeness (QED) is 0.934. The van der Waals surface area contributed by atoms with Gasteiger partial charge in [0, 0.05) is 19.8 Å². The van der Waals surface area contributed by atoms with E-state index in [4.69, 9.17) is 4.74 Å².